The lowest BCUT2D eigenvalue weighted by molar-refractivity contribution is -0.265. The summed E-state index contributed by atoms with van der Waals surface area (Å²) in [5.41, 5.74) is 1.34. The average Bonchev–Trinajstić information content (AvgIpc) is 3.91. The number of ketones is 3. The first kappa shape index (κ1) is 61.9. The van der Waals surface area contributed by atoms with Crippen molar-refractivity contribution in [3.63, 3.8) is 0 Å². The first-order valence-corrected chi connectivity index (χ1v) is 28.1. The summed E-state index contributed by atoms with van der Waals surface area (Å²) >= 11 is 0. The zero-order chi connectivity index (χ0) is 55.0. The van der Waals surface area contributed by atoms with Gasteiger partial charge >= 0.3 is 11.9 Å². The quantitative estimate of drug-likeness (QED) is 0.116. The van der Waals surface area contributed by atoms with E-state index >= 15 is 0 Å². The van der Waals surface area contributed by atoms with Crippen molar-refractivity contribution in [3.05, 3.63) is 47.6 Å². The lowest BCUT2D eigenvalue weighted by Gasteiger charge is -2.42. The molecular weight excluding hydrogens is 961 g/mol. The van der Waals surface area contributed by atoms with E-state index in [0.717, 1.165) is 38.0 Å². The molecule has 14 unspecified atom stereocenters. The van der Waals surface area contributed by atoms with Crippen molar-refractivity contribution < 1.29 is 67.4 Å². The number of allylic oxidation sites excluding steroid dienone is 6. The standard InChI is InChI=1S/C59H92N2O14/c1-37-19-12-11-13-20-38(2)49(70-8)35-45-25-23-43(7)59(69,75-45)56(66)57(67)61-30-15-14-21-46(61)58(68)73-50(40(4)33-44-24-26-47(62)51(34-44)71-9)36-48(63)39(3)32-42(6)54(55(72-10)53(65)41(5)31-37)74-52(64)22-18-29-60-27-16-17-28-60/h11-13,19-20,32,37,39-41,43-47,49-51,54-55,62,69H,14-18,21-31,33-36H2,1-10H3/b13-11-,19-12+,38-20+,42-32?/t37?,39?,40?,41?,43?,44?,45?,46?,47?,49?,50?,51?,54?,55?,59-/m0/s1. The first-order valence-electron chi connectivity index (χ1n) is 28.1. The predicted octanol–water partition coefficient (Wildman–Crippen LogP) is 7.61. The number of aliphatic hydroxyl groups is 2. The molecule has 2 bridgehead atoms. The first-order chi connectivity index (χ1) is 35.7. The highest BCUT2D eigenvalue weighted by molar-refractivity contribution is 6.39. The minimum Gasteiger partial charge on any atom is -0.460 e. The Bertz CT molecular complexity index is 2050. The second-order valence-electron chi connectivity index (χ2n) is 22.7. The Morgan fingerprint density at radius 3 is 2.24 bits per heavy atom. The van der Waals surface area contributed by atoms with Gasteiger partial charge in [-0.2, -0.15) is 0 Å². The Balaban J connectivity index is 1.50. The van der Waals surface area contributed by atoms with Gasteiger partial charge in [0.2, 0.25) is 5.79 Å². The van der Waals surface area contributed by atoms with Crippen molar-refractivity contribution >= 4 is 35.2 Å². The normalized spacial score (nSPS) is 37.1. The maximum atomic E-state index is 14.6. The number of hydrogen-bond acceptors (Lipinski definition) is 15. The molecular formula is C59H92N2O14. The van der Waals surface area contributed by atoms with Crippen LogP contribution >= 0.6 is 0 Å². The van der Waals surface area contributed by atoms with Crippen molar-refractivity contribution in [1.82, 2.24) is 9.80 Å². The minimum absolute atomic E-state index is 0.0182. The molecule has 75 heavy (non-hydrogen) atoms. The van der Waals surface area contributed by atoms with Gasteiger partial charge in [0, 0.05) is 64.9 Å². The lowest BCUT2D eigenvalue weighted by Crippen LogP contribution is -2.61. The van der Waals surface area contributed by atoms with E-state index in [-0.39, 0.29) is 61.2 Å². The van der Waals surface area contributed by atoms with Crippen LogP contribution in [0.4, 0.5) is 0 Å². The number of ether oxygens (including phenoxy) is 6. The monoisotopic (exact) mass is 1050 g/mol. The number of nitrogens with zero attached hydrogens (tertiary/aromatic N) is 2. The summed E-state index contributed by atoms with van der Waals surface area (Å²) in [4.78, 5) is 89.5. The smallest absolute Gasteiger partial charge is 0.329 e. The van der Waals surface area contributed by atoms with Gasteiger partial charge in [0.1, 0.15) is 17.9 Å². The molecule has 16 nitrogen and oxygen atoms in total. The summed E-state index contributed by atoms with van der Waals surface area (Å²) in [6.45, 7) is 15.7. The molecule has 4 aliphatic heterocycles. The van der Waals surface area contributed by atoms with E-state index in [2.05, 4.69) is 4.90 Å². The topological polar surface area (TPSA) is 205 Å². The van der Waals surface area contributed by atoms with E-state index in [1.807, 2.05) is 58.1 Å². The van der Waals surface area contributed by atoms with Gasteiger partial charge in [-0.05, 0) is 146 Å². The largest absolute Gasteiger partial charge is 0.460 e. The number of carbonyl (C=O) groups is 6. The van der Waals surface area contributed by atoms with Crippen LogP contribution in [0.5, 0.6) is 0 Å². The number of aliphatic hydroxyl groups excluding tert-OH is 1. The molecule has 15 atom stereocenters. The Labute approximate surface area is 447 Å². The van der Waals surface area contributed by atoms with Gasteiger partial charge in [0.25, 0.3) is 11.7 Å². The third-order valence-electron chi connectivity index (χ3n) is 16.8. The van der Waals surface area contributed by atoms with Crippen molar-refractivity contribution in [2.45, 2.75) is 206 Å². The van der Waals surface area contributed by atoms with Crippen LogP contribution in [0, 0.1) is 35.5 Å². The minimum atomic E-state index is -2.44. The highest BCUT2D eigenvalue weighted by Gasteiger charge is 2.53. The molecule has 0 aromatic heterocycles. The molecule has 1 amide bonds. The summed E-state index contributed by atoms with van der Waals surface area (Å²) in [6.07, 6.45) is 14.2. The number of carbonyl (C=O) groups excluding carboxylic acids is 6. The van der Waals surface area contributed by atoms with Crippen LogP contribution in [0.2, 0.25) is 0 Å². The van der Waals surface area contributed by atoms with E-state index in [9.17, 15) is 39.0 Å². The summed E-state index contributed by atoms with van der Waals surface area (Å²) in [5.74, 6) is -8.64. The third-order valence-corrected chi connectivity index (χ3v) is 16.8. The summed E-state index contributed by atoms with van der Waals surface area (Å²) in [5, 5.41) is 22.6. The SMILES string of the molecule is COC1CC2CCC(C)[C@](O)(O2)C(=O)C(=O)N2CCCCC2C(=O)OC(C(C)CC2CCC(O)C(OC)C2)CC(=O)C(C)C=C(C)C(OC(=O)CCCN2CCCC2)C(OC)C(=O)C(C)CC(C)/C=C/C=C\C=C\1C. The van der Waals surface area contributed by atoms with Crippen LogP contribution in [0.25, 0.3) is 0 Å². The summed E-state index contributed by atoms with van der Waals surface area (Å²) < 4.78 is 36.1. The van der Waals surface area contributed by atoms with Gasteiger partial charge in [-0.15, -0.1) is 0 Å². The fraction of sp³-hybridized carbons (Fsp3) is 0.763. The number of esters is 2. The lowest BCUT2D eigenvalue weighted by atomic mass is 9.78. The molecule has 0 spiro atoms. The van der Waals surface area contributed by atoms with Gasteiger partial charge in [0.15, 0.2) is 18.0 Å². The molecule has 1 aliphatic carbocycles. The molecule has 0 aromatic carbocycles. The fourth-order valence-corrected chi connectivity index (χ4v) is 11.9. The number of amides is 1. The Kier molecular flexibility index (Phi) is 24.6. The van der Waals surface area contributed by atoms with Gasteiger partial charge < -0.3 is 48.4 Å². The zero-order valence-electron chi connectivity index (χ0n) is 46.9. The number of fused-ring (bicyclic) bond motifs is 3. The van der Waals surface area contributed by atoms with Crippen molar-refractivity contribution in [1.29, 1.82) is 0 Å². The van der Waals surface area contributed by atoms with E-state index < -0.39 is 89.8 Å². The fourth-order valence-electron chi connectivity index (χ4n) is 11.9. The van der Waals surface area contributed by atoms with E-state index in [1.165, 1.54) is 12.0 Å². The molecule has 16 heteroatoms. The molecule has 3 saturated heterocycles. The third kappa shape index (κ3) is 17.3. The highest BCUT2D eigenvalue weighted by atomic mass is 16.6. The van der Waals surface area contributed by atoms with Crippen molar-refractivity contribution in [2.24, 2.45) is 35.5 Å². The Hall–Kier alpha value is -3.90. The van der Waals surface area contributed by atoms with Crippen LogP contribution in [-0.4, -0.2) is 157 Å². The number of piperidine rings is 1. The number of cyclic esters (lactones) is 1. The second-order valence-corrected chi connectivity index (χ2v) is 22.7. The van der Waals surface area contributed by atoms with Gasteiger partial charge in [-0.25, -0.2) is 4.79 Å². The molecule has 4 fully saturated rings. The molecule has 5 rings (SSSR count). The number of methoxy groups -OCH3 is 3. The molecule has 4 heterocycles. The van der Waals surface area contributed by atoms with Gasteiger partial charge in [0.05, 0.1) is 24.4 Å². The van der Waals surface area contributed by atoms with E-state index in [4.69, 9.17) is 28.4 Å². The molecule has 2 N–H and O–H groups in total. The zero-order valence-corrected chi connectivity index (χ0v) is 46.9. The van der Waals surface area contributed by atoms with Crippen molar-refractivity contribution in [2.75, 3.05) is 47.5 Å². The summed E-state index contributed by atoms with van der Waals surface area (Å²) in [6, 6.07) is -1.16. The van der Waals surface area contributed by atoms with Gasteiger partial charge in [-0.1, -0.05) is 71.1 Å². The van der Waals surface area contributed by atoms with E-state index in [1.54, 1.807) is 41.1 Å². The van der Waals surface area contributed by atoms with Gasteiger partial charge in [-0.3, -0.25) is 24.0 Å². The number of rotatable bonds is 11. The number of hydrogen-bond donors (Lipinski definition) is 2. The van der Waals surface area contributed by atoms with Crippen LogP contribution < -0.4 is 0 Å². The Morgan fingerprint density at radius 2 is 1.55 bits per heavy atom. The highest BCUT2D eigenvalue weighted by Crippen LogP contribution is 2.38. The molecule has 422 valence electrons. The van der Waals surface area contributed by atoms with E-state index in [0.29, 0.717) is 76.2 Å². The summed E-state index contributed by atoms with van der Waals surface area (Å²) in [7, 11) is 4.57. The molecule has 5 aliphatic rings. The van der Waals surface area contributed by atoms with Crippen LogP contribution in [0.3, 0.4) is 0 Å². The van der Waals surface area contributed by atoms with Crippen LogP contribution in [0.15, 0.2) is 47.6 Å². The average molecular weight is 1050 g/mol. The predicted molar refractivity (Wildman–Crippen MR) is 284 cm³/mol. The molecule has 0 aromatic rings. The van der Waals surface area contributed by atoms with Crippen LogP contribution in [-0.2, 0) is 57.2 Å². The molecule has 1 saturated carbocycles. The maximum absolute atomic E-state index is 14.6. The number of Topliss-reactive ketones (excluding diaryl/α,β-unsaturated/α-hetero) is 3. The Morgan fingerprint density at radius 1 is 0.827 bits per heavy atom. The maximum Gasteiger partial charge on any atom is 0.329 e. The molecule has 0 radical (unpaired) electrons. The van der Waals surface area contributed by atoms with Crippen LogP contribution in [0.1, 0.15) is 151 Å². The number of likely N-dealkylation sites (tertiary alicyclic amines) is 1. The second kappa shape index (κ2) is 29.7. The van der Waals surface area contributed by atoms with Crippen molar-refractivity contribution in [3.8, 4) is 0 Å².